The second kappa shape index (κ2) is 13.5. The number of nitrogens with zero attached hydrogens (tertiary/aromatic N) is 3. The van der Waals surface area contributed by atoms with Crippen molar-refractivity contribution in [3.63, 3.8) is 0 Å². The lowest BCUT2D eigenvalue weighted by molar-refractivity contribution is -0.140. The highest BCUT2D eigenvalue weighted by Crippen LogP contribution is 2.24. The number of carbonyl (C=O) groups is 3. The number of nitrogens with one attached hydrogen (secondary N) is 2. The van der Waals surface area contributed by atoms with Gasteiger partial charge >= 0.3 is 0 Å². The molecule has 5 rings (SSSR count). The molecule has 1 fully saturated rings. The maximum Gasteiger partial charge on any atom is 0.243 e. The van der Waals surface area contributed by atoms with Crippen LogP contribution in [0.3, 0.4) is 0 Å². The molecule has 0 saturated carbocycles. The fourth-order valence-electron chi connectivity index (χ4n) is 5.33. The summed E-state index contributed by atoms with van der Waals surface area (Å²) in [5.74, 6) is 4.44. The molecule has 42 heavy (non-hydrogen) atoms. The Kier molecular flexibility index (Phi) is 8.92. The predicted molar refractivity (Wildman–Crippen MR) is 166 cm³/mol. The highest BCUT2D eigenvalue weighted by Gasteiger charge is 2.38. The number of ketones is 1. The minimum Gasteiger partial charge on any atom is -0.344 e. The molecule has 1 aliphatic heterocycles. The standard InChI is InChI=1S/C32H34N6O3S/c1-34-26(18-21-9-3-2-4-10-21)32(41)38-16-8-14-27(38)30(40)36-25(19-22-11-7-12-23(17-22)20-35-33)29(39)31-37-24-13-5-6-15-28(24)42-31/h2-7,9-13,15,17,20,25-27,34H,8,14,16,18-19,33H2,1H3,(H,36,40)/t25?,26-,27-/m0/s1/i1D. The van der Waals surface area contributed by atoms with E-state index in [4.69, 9.17) is 7.21 Å². The number of nitrogens with two attached hydrogens (primary N) is 1. The number of hydrogen-bond acceptors (Lipinski definition) is 8. The molecular formula is C32H34N6O3S. The third-order valence-electron chi connectivity index (χ3n) is 7.42. The zero-order chi connectivity index (χ0) is 30.2. The fraction of sp³-hybridized carbons (Fsp3) is 0.281. The van der Waals surface area contributed by atoms with Crippen molar-refractivity contribution < 1.29 is 15.8 Å². The van der Waals surface area contributed by atoms with Crippen LogP contribution in [0, 0.1) is 0 Å². The van der Waals surface area contributed by atoms with Crippen LogP contribution >= 0.6 is 11.3 Å². The molecule has 3 atom stereocenters. The van der Waals surface area contributed by atoms with Gasteiger partial charge in [-0.1, -0.05) is 66.7 Å². The quantitative estimate of drug-likeness (QED) is 0.108. The van der Waals surface area contributed by atoms with Crippen LogP contribution < -0.4 is 16.5 Å². The molecule has 2 amide bonds. The van der Waals surface area contributed by atoms with E-state index in [9.17, 15) is 14.4 Å². The predicted octanol–water partition coefficient (Wildman–Crippen LogP) is 3.32. The number of rotatable bonds is 11. The van der Waals surface area contributed by atoms with Crippen molar-refractivity contribution in [3.8, 4) is 0 Å². The summed E-state index contributed by atoms with van der Waals surface area (Å²) in [5.41, 5.74) is 3.28. The number of hydrazone groups is 1. The van der Waals surface area contributed by atoms with E-state index in [0.29, 0.717) is 30.8 Å². The van der Waals surface area contributed by atoms with Gasteiger partial charge in [0, 0.05) is 14.3 Å². The van der Waals surface area contributed by atoms with Gasteiger partial charge in [-0.3, -0.25) is 14.4 Å². The van der Waals surface area contributed by atoms with Gasteiger partial charge in [-0.15, -0.1) is 11.3 Å². The second-order valence-electron chi connectivity index (χ2n) is 10.3. The molecule has 4 aromatic rings. The summed E-state index contributed by atoms with van der Waals surface area (Å²) >= 11 is 1.29. The van der Waals surface area contributed by atoms with E-state index in [1.165, 1.54) is 17.6 Å². The van der Waals surface area contributed by atoms with Crippen LogP contribution in [-0.2, 0) is 22.4 Å². The number of para-hydroxylation sites is 1. The van der Waals surface area contributed by atoms with Crippen LogP contribution in [0.15, 0.2) is 84.0 Å². The van der Waals surface area contributed by atoms with Crippen molar-refractivity contribution in [1.82, 2.24) is 20.5 Å². The Labute approximate surface area is 250 Å². The van der Waals surface area contributed by atoms with Gasteiger partial charge in [0.15, 0.2) is 5.01 Å². The van der Waals surface area contributed by atoms with Gasteiger partial charge < -0.3 is 21.4 Å². The molecule has 3 aromatic carbocycles. The molecule has 4 N–H and O–H groups in total. The molecule has 0 radical (unpaired) electrons. The molecular weight excluding hydrogens is 548 g/mol. The van der Waals surface area contributed by atoms with E-state index in [-0.39, 0.29) is 31.0 Å². The van der Waals surface area contributed by atoms with Crippen molar-refractivity contribution in [2.75, 3.05) is 13.6 Å². The molecule has 2 heterocycles. The Balaban J connectivity index is 1.38. The zero-order valence-electron chi connectivity index (χ0n) is 24.1. The van der Waals surface area contributed by atoms with Crippen molar-refractivity contribution in [2.45, 2.75) is 43.8 Å². The van der Waals surface area contributed by atoms with Gasteiger partial charge in [0.2, 0.25) is 17.6 Å². The van der Waals surface area contributed by atoms with Gasteiger partial charge in [-0.2, -0.15) is 5.10 Å². The first-order valence-electron chi connectivity index (χ1n) is 14.6. The van der Waals surface area contributed by atoms with Crippen molar-refractivity contribution in [1.29, 1.82) is 0 Å². The first-order valence-corrected chi connectivity index (χ1v) is 14.7. The van der Waals surface area contributed by atoms with Gasteiger partial charge in [-0.05, 0) is 55.1 Å². The number of thiazole rings is 1. The molecule has 0 aliphatic carbocycles. The van der Waals surface area contributed by atoms with Gasteiger partial charge in [0.05, 0.1) is 28.5 Å². The molecule has 1 aliphatic rings. The van der Waals surface area contributed by atoms with E-state index in [1.807, 2.05) is 78.9 Å². The van der Waals surface area contributed by atoms with Crippen LogP contribution in [0.25, 0.3) is 10.2 Å². The molecule has 9 nitrogen and oxygen atoms in total. The molecule has 0 spiro atoms. The summed E-state index contributed by atoms with van der Waals surface area (Å²) in [6.07, 6.45) is 3.31. The first-order chi connectivity index (χ1) is 21.0. The van der Waals surface area contributed by atoms with E-state index in [1.54, 1.807) is 4.90 Å². The van der Waals surface area contributed by atoms with Crippen molar-refractivity contribution in [2.24, 2.45) is 10.9 Å². The Hall–Kier alpha value is -4.41. The summed E-state index contributed by atoms with van der Waals surface area (Å²) in [6, 6.07) is 22.3. The number of Topliss-reactive ketones (excluding diaryl/α,β-unsaturated/α-hetero) is 1. The lowest BCUT2D eigenvalue weighted by atomic mass is 10.00. The van der Waals surface area contributed by atoms with E-state index in [2.05, 4.69) is 20.7 Å². The van der Waals surface area contributed by atoms with Gasteiger partial charge in [-0.25, -0.2) is 4.98 Å². The van der Waals surface area contributed by atoms with Crippen molar-refractivity contribution in [3.05, 3.63) is 101 Å². The topological polar surface area (TPSA) is 130 Å². The van der Waals surface area contributed by atoms with Crippen LogP contribution in [0.4, 0.5) is 0 Å². The summed E-state index contributed by atoms with van der Waals surface area (Å²) in [7, 11) is -0.124. The molecule has 1 unspecified atom stereocenters. The maximum absolute atomic E-state index is 13.9. The smallest absolute Gasteiger partial charge is 0.243 e. The average Bonchev–Trinajstić information content (AvgIpc) is 3.69. The number of likely N-dealkylation sites (tertiary alicyclic amines) is 1. The molecule has 1 saturated heterocycles. The van der Waals surface area contributed by atoms with Crippen LogP contribution in [0.5, 0.6) is 0 Å². The van der Waals surface area contributed by atoms with Crippen LogP contribution in [-0.4, -0.2) is 65.4 Å². The number of fused-ring (bicyclic) bond motifs is 1. The number of amides is 2. The monoisotopic (exact) mass is 583 g/mol. The average molecular weight is 584 g/mol. The van der Waals surface area contributed by atoms with Crippen LogP contribution in [0.1, 0.15) is 40.7 Å². The normalized spacial score (nSPS) is 16.8. The number of aromatic nitrogens is 1. The molecule has 1 aromatic heterocycles. The van der Waals surface area contributed by atoms with Crippen molar-refractivity contribution >= 4 is 45.4 Å². The molecule has 216 valence electrons. The van der Waals surface area contributed by atoms with E-state index >= 15 is 0 Å². The van der Waals surface area contributed by atoms with Crippen LogP contribution in [0.2, 0.25) is 0 Å². The largest absolute Gasteiger partial charge is 0.344 e. The van der Waals surface area contributed by atoms with E-state index in [0.717, 1.165) is 26.9 Å². The minimum absolute atomic E-state index is 0.124. The van der Waals surface area contributed by atoms with E-state index < -0.39 is 18.1 Å². The van der Waals surface area contributed by atoms with Gasteiger partial charge in [0.1, 0.15) is 6.04 Å². The highest BCUT2D eigenvalue weighted by atomic mass is 32.1. The third kappa shape index (κ3) is 6.72. The Morgan fingerprint density at radius 2 is 1.83 bits per heavy atom. The second-order valence-corrected chi connectivity index (χ2v) is 11.3. The van der Waals surface area contributed by atoms with Gasteiger partial charge in [0.25, 0.3) is 0 Å². The zero-order valence-corrected chi connectivity index (χ0v) is 23.9. The lowest BCUT2D eigenvalue weighted by Gasteiger charge is -2.29. The summed E-state index contributed by atoms with van der Waals surface area (Å²) in [6.45, 7) is 0.429. The SMILES string of the molecule is [2H]CN[C@@H](Cc1ccccc1)C(=O)N1CCC[C@H]1C(=O)NC(Cc1cccc(C=NN)c1)C(=O)c1nc2ccccc2s1. The third-order valence-corrected chi connectivity index (χ3v) is 8.47. The lowest BCUT2D eigenvalue weighted by Crippen LogP contribution is -2.55. The summed E-state index contributed by atoms with van der Waals surface area (Å²) in [5, 5.41) is 9.85. The Bertz CT molecular complexity index is 1580. The Morgan fingerprint density at radius 3 is 2.62 bits per heavy atom. The highest BCUT2D eigenvalue weighted by molar-refractivity contribution is 7.20. The number of hydrogen-bond donors (Lipinski definition) is 3. The number of benzene rings is 3. The number of likely N-dealkylation sites (N-methyl/N-ethyl adjacent to an activating group) is 1. The first kappa shape index (κ1) is 27.7. The fourth-order valence-corrected chi connectivity index (χ4v) is 6.29. The minimum atomic E-state index is -0.901. The summed E-state index contributed by atoms with van der Waals surface area (Å²) in [4.78, 5) is 47.5. The maximum atomic E-state index is 13.9. The molecule has 0 bridgehead atoms. The summed E-state index contributed by atoms with van der Waals surface area (Å²) < 4.78 is 8.57. The number of carbonyl (C=O) groups excluding carboxylic acids is 3. The Morgan fingerprint density at radius 1 is 1.07 bits per heavy atom. The molecule has 10 heteroatoms.